The first-order chi connectivity index (χ1) is 13.3. The maximum absolute atomic E-state index is 11.9. The highest BCUT2D eigenvalue weighted by Crippen LogP contribution is 2.06. The van der Waals surface area contributed by atoms with Crippen molar-refractivity contribution in [2.75, 3.05) is 45.8 Å². The van der Waals surface area contributed by atoms with Gasteiger partial charge in [-0.25, -0.2) is 4.79 Å². The number of hydrogen-bond acceptors (Lipinski definition) is 8. The topological polar surface area (TPSA) is 213 Å². The highest BCUT2D eigenvalue weighted by Gasteiger charge is 2.31. The summed E-state index contributed by atoms with van der Waals surface area (Å²) < 4.78 is 0. The number of carbonyl (C=O) groups is 6. The minimum atomic E-state index is -1.69. The second kappa shape index (κ2) is 12.2. The lowest BCUT2D eigenvalue weighted by Gasteiger charge is -2.32. The van der Waals surface area contributed by atoms with Crippen LogP contribution in [0.2, 0.25) is 0 Å². The second-order valence-electron chi connectivity index (χ2n) is 6.06. The predicted molar refractivity (Wildman–Crippen MR) is 92.6 cm³/mol. The predicted octanol–water partition coefficient (Wildman–Crippen LogP) is -2.13. The Kier molecular flexibility index (Phi) is 10.9. The molecule has 164 valence electrons. The number of hydrogen-bond donors (Lipinski definition) is 5. The van der Waals surface area contributed by atoms with Crippen LogP contribution in [0.3, 0.4) is 0 Å². The van der Waals surface area contributed by atoms with Gasteiger partial charge in [0.1, 0.15) is 12.6 Å². The Balaban J connectivity index is 5.43. The molecule has 14 nitrogen and oxygen atoms in total. The van der Waals surface area contributed by atoms with Gasteiger partial charge in [-0.1, -0.05) is 0 Å². The minimum Gasteiger partial charge on any atom is -0.480 e. The van der Waals surface area contributed by atoms with Gasteiger partial charge in [-0.2, -0.15) is 0 Å². The maximum Gasteiger partial charge on any atom is 0.408 e. The number of carboxylic acid groups (broad SMARTS) is 5. The lowest BCUT2D eigenvalue weighted by Crippen LogP contribution is -2.53. The van der Waals surface area contributed by atoms with Crippen molar-refractivity contribution in [2.45, 2.75) is 13.0 Å². The fourth-order valence-electron chi connectivity index (χ4n) is 2.45. The number of nitrogens with zero attached hydrogens (tertiary/aromatic N) is 3. The molecule has 0 aromatic heterocycles. The van der Waals surface area contributed by atoms with Crippen LogP contribution >= 0.6 is 0 Å². The van der Waals surface area contributed by atoms with Crippen LogP contribution in [0.5, 0.6) is 0 Å². The molecule has 14 heteroatoms. The average molecular weight is 421 g/mol. The largest absolute Gasteiger partial charge is 0.480 e. The van der Waals surface area contributed by atoms with Gasteiger partial charge in [0, 0.05) is 19.6 Å². The molecule has 0 saturated carbocycles. The molecule has 29 heavy (non-hydrogen) atoms. The van der Waals surface area contributed by atoms with Crippen LogP contribution in [0.4, 0.5) is 4.79 Å². The molecular weight excluding hydrogens is 398 g/mol. The van der Waals surface area contributed by atoms with E-state index in [9.17, 15) is 33.9 Å². The van der Waals surface area contributed by atoms with Crippen LogP contribution in [-0.2, 0) is 24.0 Å². The van der Waals surface area contributed by atoms with Gasteiger partial charge in [0.15, 0.2) is 5.78 Å². The number of Topliss-reactive ketones (excluding diaryl/α,β-unsaturated/α-hetero) is 1. The first kappa shape index (κ1) is 25.7. The Morgan fingerprint density at radius 1 is 0.655 bits per heavy atom. The zero-order chi connectivity index (χ0) is 22.7. The highest BCUT2D eigenvalue weighted by molar-refractivity contribution is 5.87. The molecule has 0 aliphatic carbocycles. The number of rotatable bonds is 15. The third-order valence-corrected chi connectivity index (χ3v) is 3.64. The minimum absolute atomic E-state index is 0.206. The summed E-state index contributed by atoms with van der Waals surface area (Å²) in [4.78, 5) is 69.3. The molecule has 0 radical (unpaired) electrons. The molecule has 0 bridgehead atoms. The molecule has 0 heterocycles. The average Bonchev–Trinajstić information content (AvgIpc) is 2.52. The van der Waals surface area contributed by atoms with Gasteiger partial charge in [-0.15, -0.1) is 0 Å². The van der Waals surface area contributed by atoms with Crippen LogP contribution in [-0.4, -0.2) is 128 Å². The van der Waals surface area contributed by atoms with Crippen molar-refractivity contribution in [2.24, 2.45) is 0 Å². The summed E-state index contributed by atoms with van der Waals surface area (Å²) >= 11 is 0. The first-order valence-corrected chi connectivity index (χ1v) is 8.15. The molecule has 1 unspecified atom stereocenters. The number of aliphatic carboxylic acids is 4. The van der Waals surface area contributed by atoms with Crippen LogP contribution < -0.4 is 0 Å². The van der Waals surface area contributed by atoms with Crippen molar-refractivity contribution in [1.82, 2.24) is 14.7 Å². The molecule has 0 aliphatic rings. The lowest BCUT2D eigenvalue weighted by molar-refractivity contribution is -0.143. The summed E-state index contributed by atoms with van der Waals surface area (Å²) in [7, 11) is 0. The Morgan fingerprint density at radius 3 is 1.38 bits per heavy atom. The number of amides is 1. The van der Waals surface area contributed by atoms with Crippen molar-refractivity contribution < 1.29 is 54.3 Å². The molecule has 0 spiro atoms. The van der Waals surface area contributed by atoms with Crippen molar-refractivity contribution >= 4 is 35.8 Å². The van der Waals surface area contributed by atoms with E-state index in [-0.39, 0.29) is 13.1 Å². The Hall–Kier alpha value is -3.26. The van der Waals surface area contributed by atoms with Gasteiger partial charge in [-0.3, -0.25) is 38.7 Å². The van der Waals surface area contributed by atoms with E-state index in [1.807, 2.05) is 0 Å². The number of carbonyl (C=O) groups excluding carboxylic acids is 1. The van der Waals surface area contributed by atoms with E-state index in [0.29, 0.717) is 4.90 Å². The fourth-order valence-corrected chi connectivity index (χ4v) is 2.45. The molecular formula is C15H23N3O11. The molecule has 0 aromatic carbocycles. The monoisotopic (exact) mass is 421 g/mol. The molecule has 5 N–H and O–H groups in total. The van der Waals surface area contributed by atoms with Crippen molar-refractivity contribution in [3.8, 4) is 0 Å². The number of ketones is 1. The smallest absolute Gasteiger partial charge is 0.408 e. The van der Waals surface area contributed by atoms with Gasteiger partial charge < -0.3 is 25.5 Å². The van der Waals surface area contributed by atoms with Crippen LogP contribution in [0.25, 0.3) is 0 Å². The van der Waals surface area contributed by atoms with Gasteiger partial charge in [0.2, 0.25) is 0 Å². The molecule has 0 saturated heterocycles. The zero-order valence-electron chi connectivity index (χ0n) is 15.6. The summed E-state index contributed by atoms with van der Waals surface area (Å²) in [5.41, 5.74) is 0. The van der Waals surface area contributed by atoms with Gasteiger partial charge in [0.05, 0.1) is 19.6 Å². The second-order valence-corrected chi connectivity index (χ2v) is 6.06. The van der Waals surface area contributed by atoms with E-state index in [2.05, 4.69) is 0 Å². The Bertz CT molecular complexity index is 635. The lowest BCUT2D eigenvalue weighted by atomic mass is 10.1. The third kappa shape index (κ3) is 11.2. The summed E-state index contributed by atoms with van der Waals surface area (Å²) in [5, 5.41) is 44.7. The molecule has 0 rings (SSSR count). The Labute approximate surface area is 164 Å². The maximum atomic E-state index is 11.9. The van der Waals surface area contributed by atoms with Crippen LogP contribution in [0.1, 0.15) is 6.92 Å². The van der Waals surface area contributed by atoms with E-state index in [1.165, 1.54) is 0 Å². The van der Waals surface area contributed by atoms with E-state index >= 15 is 0 Å². The standard InChI is InChI=1S/C15H23N3O11/c1-9(19)10(18(15(28)29)8-14(26)27)4-16(5-11(20)21)2-3-17(6-12(22)23)7-13(24)25/h10H,2-8H2,1H3,(H,20,21)(H,22,23)(H,24,25)(H,26,27)(H,28,29). The van der Waals surface area contributed by atoms with Gasteiger partial charge in [0.25, 0.3) is 0 Å². The molecule has 0 fully saturated rings. The highest BCUT2D eigenvalue weighted by atomic mass is 16.4. The molecule has 1 atom stereocenters. The third-order valence-electron chi connectivity index (χ3n) is 3.64. The van der Waals surface area contributed by atoms with E-state index in [1.54, 1.807) is 0 Å². The molecule has 1 amide bonds. The van der Waals surface area contributed by atoms with E-state index in [4.69, 9.17) is 20.4 Å². The summed E-state index contributed by atoms with van der Waals surface area (Å²) in [5.74, 6) is -6.20. The zero-order valence-corrected chi connectivity index (χ0v) is 15.6. The quantitative estimate of drug-likeness (QED) is 0.191. The SMILES string of the molecule is CC(=O)C(CN(CCN(CC(=O)O)CC(=O)O)CC(=O)O)N(CC(=O)O)C(=O)O. The van der Waals surface area contributed by atoms with E-state index in [0.717, 1.165) is 16.7 Å². The van der Waals surface area contributed by atoms with E-state index < -0.39 is 74.5 Å². The van der Waals surface area contributed by atoms with Crippen LogP contribution in [0.15, 0.2) is 0 Å². The van der Waals surface area contributed by atoms with Crippen molar-refractivity contribution in [1.29, 1.82) is 0 Å². The van der Waals surface area contributed by atoms with Gasteiger partial charge in [-0.05, 0) is 6.92 Å². The molecule has 0 aromatic rings. The first-order valence-electron chi connectivity index (χ1n) is 8.15. The molecule has 0 aliphatic heterocycles. The summed E-state index contributed by atoms with van der Waals surface area (Å²) in [6.07, 6.45) is -1.69. The van der Waals surface area contributed by atoms with Gasteiger partial charge >= 0.3 is 30.0 Å². The fraction of sp³-hybridized carbons (Fsp3) is 0.600. The summed E-state index contributed by atoms with van der Waals surface area (Å²) in [6.45, 7) is -2.83. The Morgan fingerprint density at radius 2 is 1.03 bits per heavy atom. The normalized spacial score (nSPS) is 11.8. The summed E-state index contributed by atoms with van der Waals surface area (Å²) in [6, 6.07) is -1.49. The van der Waals surface area contributed by atoms with Crippen molar-refractivity contribution in [3.63, 3.8) is 0 Å². The van der Waals surface area contributed by atoms with Crippen molar-refractivity contribution in [3.05, 3.63) is 0 Å². The number of carboxylic acids is 4. The van der Waals surface area contributed by atoms with Crippen LogP contribution in [0, 0.1) is 0 Å².